The molecule has 1 amide bonds. The van der Waals surface area contributed by atoms with E-state index in [1.807, 2.05) is 50.2 Å². The summed E-state index contributed by atoms with van der Waals surface area (Å²) in [6.45, 7) is 10.2. The lowest BCUT2D eigenvalue weighted by molar-refractivity contribution is 0.0640. The molecular formula is C27H30N6O2. The molecule has 5 rings (SSSR count). The van der Waals surface area contributed by atoms with Crippen molar-refractivity contribution in [3.63, 3.8) is 0 Å². The van der Waals surface area contributed by atoms with Gasteiger partial charge in [0.1, 0.15) is 16.8 Å². The van der Waals surface area contributed by atoms with Crippen molar-refractivity contribution < 1.29 is 4.79 Å². The van der Waals surface area contributed by atoms with E-state index in [1.165, 1.54) is 4.40 Å². The predicted molar refractivity (Wildman–Crippen MR) is 136 cm³/mol. The van der Waals surface area contributed by atoms with Crippen molar-refractivity contribution in [2.24, 2.45) is 0 Å². The number of aryl methyl sites for hydroxylation is 2. The SMILES string of the molecule is CCN1CCN(C(=O)c2cc3c(=O)n4cccc(C)c4nc3n(Cc3ccc(C)cc3)c2=N)CC1. The number of carbonyl (C=O) groups is 1. The number of amides is 1. The lowest BCUT2D eigenvalue weighted by Crippen LogP contribution is -2.49. The van der Waals surface area contributed by atoms with Crippen molar-refractivity contribution in [2.45, 2.75) is 27.3 Å². The molecule has 1 aliphatic rings. The number of pyridine rings is 2. The lowest BCUT2D eigenvalue weighted by Gasteiger charge is -2.34. The molecule has 0 radical (unpaired) electrons. The summed E-state index contributed by atoms with van der Waals surface area (Å²) in [6, 6.07) is 13.3. The maximum atomic E-state index is 13.6. The van der Waals surface area contributed by atoms with E-state index in [-0.39, 0.29) is 22.5 Å². The second-order valence-corrected chi connectivity index (χ2v) is 9.24. The number of nitrogens with zero attached hydrogens (tertiary/aromatic N) is 5. The van der Waals surface area contributed by atoms with Crippen LogP contribution in [0.3, 0.4) is 0 Å². The predicted octanol–water partition coefficient (Wildman–Crippen LogP) is 2.57. The van der Waals surface area contributed by atoms with Crippen LogP contribution in [0, 0.1) is 19.3 Å². The zero-order valence-electron chi connectivity index (χ0n) is 20.4. The Morgan fingerprint density at radius 2 is 1.74 bits per heavy atom. The molecule has 35 heavy (non-hydrogen) atoms. The number of nitrogens with one attached hydrogen (secondary N) is 1. The fraction of sp³-hybridized carbons (Fsp3) is 0.333. The van der Waals surface area contributed by atoms with Crippen LogP contribution in [0.5, 0.6) is 0 Å². The summed E-state index contributed by atoms with van der Waals surface area (Å²) in [6.07, 6.45) is 1.70. The zero-order valence-corrected chi connectivity index (χ0v) is 20.4. The highest BCUT2D eigenvalue weighted by Crippen LogP contribution is 2.16. The molecule has 1 fully saturated rings. The van der Waals surface area contributed by atoms with Gasteiger partial charge < -0.3 is 14.4 Å². The summed E-state index contributed by atoms with van der Waals surface area (Å²) in [5.41, 5.74) is 4.03. The van der Waals surface area contributed by atoms with Crippen molar-refractivity contribution in [2.75, 3.05) is 32.7 Å². The highest BCUT2D eigenvalue weighted by atomic mass is 16.2. The van der Waals surface area contributed by atoms with E-state index < -0.39 is 0 Å². The van der Waals surface area contributed by atoms with E-state index >= 15 is 0 Å². The van der Waals surface area contributed by atoms with Crippen LogP contribution >= 0.6 is 0 Å². The monoisotopic (exact) mass is 470 g/mol. The maximum Gasteiger partial charge on any atom is 0.267 e. The van der Waals surface area contributed by atoms with Gasteiger partial charge in [-0.2, -0.15) is 0 Å². The third-order valence-electron chi connectivity index (χ3n) is 6.93. The van der Waals surface area contributed by atoms with Gasteiger partial charge in [0.25, 0.3) is 11.5 Å². The van der Waals surface area contributed by atoms with Crippen LogP contribution in [0.4, 0.5) is 0 Å². The first-order valence-electron chi connectivity index (χ1n) is 12.0. The summed E-state index contributed by atoms with van der Waals surface area (Å²) in [5.74, 6) is -0.209. The molecule has 0 spiro atoms. The zero-order chi connectivity index (χ0) is 24.7. The number of benzene rings is 1. The van der Waals surface area contributed by atoms with Gasteiger partial charge in [0.2, 0.25) is 0 Å². The molecule has 0 saturated carbocycles. The average molecular weight is 471 g/mol. The molecular weight excluding hydrogens is 440 g/mol. The van der Waals surface area contributed by atoms with Gasteiger partial charge in [-0.1, -0.05) is 42.8 Å². The molecule has 1 N–H and O–H groups in total. The molecule has 4 heterocycles. The molecule has 1 aromatic carbocycles. The van der Waals surface area contributed by atoms with Gasteiger partial charge in [-0.3, -0.25) is 19.4 Å². The largest absolute Gasteiger partial charge is 0.336 e. The number of likely N-dealkylation sites (N-methyl/N-ethyl adjacent to an activating group) is 1. The number of hydrogen-bond donors (Lipinski definition) is 1. The number of rotatable bonds is 4. The minimum absolute atomic E-state index is 0.0748. The number of hydrogen-bond acceptors (Lipinski definition) is 5. The third kappa shape index (κ3) is 4.14. The van der Waals surface area contributed by atoms with Gasteiger partial charge in [0, 0.05) is 32.4 Å². The molecule has 180 valence electrons. The molecule has 1 saturated heterocycles. The Kier molecular flexibility index (Phi) is 5.98. The molecule has 0 bridgehead atoms. The van der Waals surface area contributed by atoms with Gasteiger partial charge in [-0.15, -0.1) is 0 Å². The highest BCUT2D eigenvalue weighted by Gasteiger charge is 2.25. The summed E-state index contributed by atoms with van der Waals surface area (Å²) in [4.78, 5) is 36.0. The Morgan fingerprint density at radius 3 is 2.43 bits per heavy atom. The van der Waals surface area contributed by atoms with Crippen molar-refractivity contribution in [1.29, 1.82) is 5.41 Å². The molecule has 4 aromatic rings. The van der Waals surface area contributed by atoms with Crippen LogP contribution in [-0.4, -0.2) is 62.4 Å². The topological polar surface area (TPSA) is 86.7 Å². The number of carbonyl (C=O) groups excluding carboxylic acids is 1. The van der Waals surface area contributed by atoms with Crippen LogP contribution in [0.25, 0.3) is 16.7 Å². The van der Waals surface area contributed by atoms with E-state index in [0.717, 1.165) is 36.3 Å². The normalized spacial score (nSPS) is 14.7. The van der Waals surface area contributed by atoms with Crippen LogP contribution in [-0.2, 0) is 6.54 Å². The Bertz CT molecular complexity index is 1540. The van der Waals surface area contributed by atoms with Crippen molar-refractivity contribution >= 4 is 22.6 Å². The van der Waals surface area contributed by atoms with Gasteiger partial charge in [-0.05, 0) is 43.7 Å². The Morgan fingerprint density at radius 1 is 1.03 bits per heavy atom. The number of fused-ring (bicyclic) bond motifs is 2. The number of aromatic nitrogens is 3. The van der Waals surface area contributed by atoms with E-state index in [9.17, 15) is 9.59 Å². The molecule has 0 atom stereocenters. The third-order valence-corrected chi connectivity index (χ3v) is 6.93. The first-order valence-corrected chi connectivity index (χ1v) is 12.0. The standard InChI is InChI=1S/C27H30N6O2/c1-4-30-12-14-31(15-13-30)26(34)21-16-22-25(29-24-19(3)6-5-11-32(24)27(22)35)33(23(21)28)17-20-9-7-18(2)8-10-20/h5-11,16,28H,4,12-15,17H2,1-3H3. The molecule has 8 heteroatoms. The van der Waals surface area contributed by atoms with E-state index in [1.54, 1.807) is 21.7 Å². The van der Waals surface area contributed by atoms with E-state index in [4.69, 9.17) is 10.4 Å². The first-order chi connectivity index (χ1) is 16.9. The second-order valence-electron chi connectivity index (χ2n) is 9.24. The molecule has 0 aliphatic carbocycles. The van der Waals surface area contributed by atoms with Gasteiger partial charge in [-0.25, -0.2) is 4.98 Å². The summed E-state index contributed by atoms with van der Waals surface area (Å²) < 4.78 is 3.22. The van der Waals surface area contributed by atoms with Crippen LogP contribution in [0.1, 0.15) is 34.0 Å². The summed E-state index contributed by atoms with van der Waals surface area (Å²) in [5, 5.41) is 9.37. The van der Waals surface area contributed by atoms with Gasteiger partial charge in [0.15, 0.2) is 0 Å². The van der Waals surface area contributed by atoms with Crippen LogP contribution < -0.4 is 11.0 Å². The summed E-state index contributed by atoms with van der Waals surface area (Å²) in [7, 11) is 0. The van der Waals surface area contributed by atoms with E-state index in [0.29, 0.717) is 36.3 Å². The second kappa shape index (κ2) is 9.11. The maximum absolute atomic E-state index is 13.6. The summed E-state index contributed by atoms with van der Waals surface area (Å²) >= 11 is 0. The van der Waals surface area contributed by atoms with Crippen molar-refractivity contribution in [3.8, 4) is 0 Å². The fourth-order valence-corrected chi connectivity index (χ4v) is 4.73. The average Bonchev–Trinajstić information content (AvgIpc) is 2.87. The fourth-order valence-electron chi connectivity index (χ4n) is 4.73. The highest BCUT2D eigenvalue weighted by molar-refractivity contribution is 5.97. The minimum atomic E-state index is -0.240. The molecule has 0 unspecified atom stereocenters. The van der Waals surface area contributed by atoms with Gasteiger partial charge in [0.05, 0.1) is 17.5 Å². The van der Waals surface area contributed by atoms with Crippen molar-refractivity contribution in [3.05, 3.63) is 86.8 Å². The quantitative estimate of drug-likeness (QED) is 0.465. The van der Waals surface area contributed by atoms with Crippen molar-refractivity contribution in [1.82, 2.24) is 23.8 Å². The van der Waals surface area contributed by atoms with Crippen LogP contribution in [0.15, 0.2) is 53.5 Å². The molecule has 8 nitrogen and oxygen atoms in total. The lowest BCUT2D eigenvalue weighted by atomic mass is 10.1. The minimum Gasteiger partial charge on any atom is -0.336 e. The smallest absolute Gasteiger partial charge is 0.267 e. The number of piperazine rings is 1. The Hall–Kier alpha value is -3.78. The Labute approximate surface area is 203 Å². The first kappa shape index (κ1) is 23.0. The van der Waals surface area contributed by atoms with Gasteiger partial charge >= 0.3 is 0 Å². The Balaban J connectivity index is 1.71. The van der Waals surface area contributed by atoms with Crippen LogP contribution in [0.2, 0.25) is 0 Å². The molecule has 1 aliphatic heterocycles. The van der Waals surface area contributed by atoms with E-state index in [2.05, 4.69) is 11.8 Å². The molecule has 3 aromatic heterocycles.